The first kappa shape index (κ1) is 11.6. The van der Waals surface area contributed by atoms with Gasteiger partial charge < -0.3 is 11.1 Å². The number of hydrogen-bond donors (Lipinski definition) is 3. The van der Waals surface area contributed by atoms with Gasteiger partial charge in [-0.25, -0.2) is 14.4 Å². The van der Waals surface area contributed by atoms with Crippen LogP contribution in [-0.2, 0) is 0 Å². The lowest BCUT2D eigenvalue weighted by molar-refractivity contribution is 0.337. The monoisotopic (exact) mass is 238 g/mol. The highest BCUT2D eigenvalue weighted by molar-refractivity contribution is 5.95. The van der Waals surface area contributed by atoms with Crippen molar-refractivity contribution in [3.63, 3.8) is 0 Å². The number of H-pyrrole nitrogens is 1. The zero-order valence-corrected chi connectivity index (χ0v) is 9.57. The lowest BCUT2D eigenvalue weighted by Gasteiger charge is -2.04. The summed E-state index contributed by atoms with van der Waals surface area (Å²) in [6.07, 6.45) is 1.87. The Morgan fingerprint density at radius 3 is 3.12 bits per heavy atom. The molecule has 1 atom stereocenters. The maximum atomic E-state index is 12.6. The van der Waals surface area contributed by atoms with Gasteiger partial charge in [0.05, 0.1) is 6.17 Å². The second kappa shape index (κ2) is 4.94. The number of nitrogens with one attached hydrogen (secondary N) is 2. The zero-order valence-electron chi connectivity index (χ0n) is 9.57. The van der Waals surface area contributed by atoms with E-state index in [1.165, 1.54) is 6.33 Å². The van der Waals surface area contributed by atoms with Crippen molar-refractivity contribution in [2.24, 2.45) is 0 Å². The van der Waals surface area contributed by atoms with E-state index in [-0.39, 0.29) is 0 Å². The molecular weight excluding hydrogens is 223 g/mol. The summed E-state index contributed by atoms with van der Waals surface area (Å²) in [6.45, 7) is 2.19. The molecule has 6 nitrogen and oxygen atoms in total. The molecule has 2 rings (SSSR count). The van der Waals surface area contributed by atoms with Crippen LogP contribution in [0.1, 0.15) is 19.8 Å². The molecule has 0 saturated heterocycles. The Morgan fingerprint density at radius 2 is 2.35 bits per heavy atom. The fourth-order valence-corrected chi connectivity index (χ4v) is 1.60. The van der Waals surface area contributed by atoms with Crippen LogP contribution in [0.4, 0.5) is 16.0 Å². The molecule has 0 fully saturated rings. The average molecular weight is 238 g/mol. The summed E-state index contributed by atoms with van der Waals surface area (Å²) in [6, 6.07) is 0. The quantitative estimate of drug-likeness (QED) is 0.686. The van der Waals surface area contributed by atoms with Crippen LogP contribution in [0.3, 0.4) is 0 Å². The molecule has 0 bridgehead atoms. The molecule has 0 radical (unpaired) electrons. The minimum Gasteiger partial charge on any atom is -0.383 e. The standard InChI is InChI=1S/C10H15FN6/c1-6(11)3-2-4-13-9-7-8(12)14-5-15-10(7)17-16-9/h5-6H,2-4H2,1H3,(H4,12,13,14,15,16,17). The molecule has 92 valence electrons. The molecule has 0 aliphatic heterocycles. The van der Waals surface area contributed by atoms with Crippen molar-refractivity contribution < 1.29 is 4.39 Å². The number of aromatic amines is 1. The van der Waals surface area contributed by atoms with Crippen molar-refractivity contribution >= 4 is 22.7 Å². The lowest BCUT2D eigenvalue weighted by atomic mass is 10.2. The number of aromatic nitrogens is 4. The summed E-state index contributed by atoms with van der Waals surface area (Å²) in [5.74, 6) is 0.995. The van der Waals surface area contributed by atoms with Crippen LogP contribution >= 0.6 is 0 Å². The molecule has 0 aliphatic carbocycles. The number of alkyl halides is 1. The van der Waals surface area contributed by atoms with Crippen LogP contribution < -0.4 is 11.1 Å². The fraction of sp³-hybridized carbons (Fsp3) is 0.500. The van der Waals surface area contributed by atoms with Gasteiger partial charge in [-0.1, -0.05) is 0 Å². The van der Waals surface area contributed by atoms with Crippen molar-refractivity contribution in [1.82, 2.24) is 20.2 Å². The Hall–Kier alpha value is -1.92. The molecule has 0 amide bonds. The van der Waals surface area contributed by atoms with Crippen molar-refractivity contribution in [2.75, 3.05) is 17.6 Å². The number of rotatable bonds is 5. The van der Waals surface area contributed by atoms with E-state index < -0.39 is 6.17 Å². The number of hydrogen-bond acceptors (Lipinski definition) is 5. The first-order valence-corrected chi connectivity index (χ1v) is 5.51. The summed E-state index contributed by atoms with van der Waals surface area (Å²) >= 11 is 0. The first-order valence-electron chi connectivity index (χ1n) is 5.51. The van der Waals surface area contributed by atoms with Crippen LogP contribution in [0.25, 0.3) is 11.0 Å². The molecule has 2 aromatic rings. The highest BCUT2D eigenvalue weighted by Gasteiger charge is 2.09. The maximum Gasteiger partial charge on any atom is 0.162 e. The lowest BCUT2D eigenvalue weighted by Crippen LogP contribution is -2.05. The van der Waals surface area contributed by atoms with E-state index in [0.717, 1.165) is 6.42 Å². The Balaban J connectivity index is 2.04. The summed E-state index contributed by atoms with van der Waals surface area (Å²) in [7, 11) is 0. The van der Waals surface area contributed by atoms with Crippen molar-refractivity contribution in [3.8, 4) is 0 Å². The van der Waals surface area contributed by atoms with Crippen molar-refractivity contribution in [3.05, 3.63) is 6.33 Å². The van der Waals surface area contributed by atoms with Crippen LogP contribution in [0.15, 0.2) is 6.33 Å². The van der Waals surface area contributed by atoms with Crippen molar-refractivity contribution in [2.45, 2.75) is 25.9 Å². The second-order valence-electron chi connectivity index (χ2n) is 3.90. The topological polar surface area (TPSA) is 92.5 Å². The number of halogens is 1. The predicted octanol–water partition coefficient (Wildman–Crippen LogP) is 1.49. The number of fused-ring (bicyclic) bond motifs is 1. The van der Waals surface area contributed by atoms with E-state index in [2.05, 4.69) is 25.5 Å². The molecule has 0 spiro atoms. The molecule has 7 heteroatoms. The van der Waals surface area contributed by atoms with E-state index >= 15 is 0 Å². The van der Waals surface area contributed by atoms with Crippen LogP contribution in [-0.4, -0.2) is 32.9 Å². The Bertz CT molecular complexity index is 495. The first-order chi connectivity index (χ1) is 8.18. The number of nitrogen functional groups attached to an aromatic ring is 1. The molecule has 2 heterocycles. The fourth-order valence-electron chi connectivity index (χ4n) is 1.60. The van der Waals surface area contributed by atoms with Gasteiger partial charge in [-0.05, 0) is 19.8 Å². The van der Waals surface area contributed by atoms with Gasteiger partial charge in [0, 0.05) is 6.54 Å². The third kappa shape index (κ3) is 2.61. The molecule has 0 aliphatic rings. The Labute approximate surface area is 97.8 Å². The minimum atomic E-state index is -0.777. The maximum absolute atomic E-state index is 12.6. The van der Waals surface area contributed by atoms with Gasteiger partial charge in [0.25, 0.3) is 0 Å². The van der Waals surface area contributed by atoms with Gasteiger partial charge in [0.1, 0.15) is 17.5 Å². The minimum absolute atomic E-state index is 0.380. The summed E-state index contributed by atoms with van der Waals surface area (Å²) in [4.78, 5) is 7.91. The summed E-state index contributed by atoms with van der Waals surface area (Å²) in [5.41, 5.74) is 6.34. The molecule has 2 aromatic heterocycles. The zero-order chi connectivity index (χ0) is 12.3. The second-order valence-corrected chi connectivity index (χ2v) is 3.90. The summed E-state index contributed by atoms with van der Waals surface area (Å²) in [5, 5.41) is 10.6. The van der Waals surface area contributed by atoms with E-state index in [1.807, 2.05) is 0 Å². The van der Waals surface area contributed by atoms with E-state index in [4.69, 9.17) is 5.73 Å². The SMILES string of the molecule is CC(F)CCCNc1n[nH]c2ncnc(N)c12. The molecule has 1 unspecified atom stereocenters. The van der Waals surface area contributed by atoms with E-state index in [9.17, 15) is 4.39 Å². The summed E-state index contributed by atoms with van der Waals surface area (Å²) < 4.78 is 12.6. The Kier molecular flexibility index (Phi) is 3.36. The van der Waals surface area contributed by atoms with Crippen LogP contribution in [0.5, 0.6) is 0 Å². The number of nitrogens with two attached hydrogens (primary N) is 1. The molecular formula is C10H15FN6. The van der Waals surface area contributed by atoms with Gasteiger partial charge in [-0.3, -0.25) is 5.10 Å². The largest absolute Gasteiger partial charge is 0.383 e. The van der Waals surface area contributed by atoms with Crippen LogP contribution in [0.2, 0.25) is 0 Å². The van der Waals surface area contributed by atoms with Gasteiger partial charge in [0.15, 0.2) is 11.5 Å². The molecule has 17 heavy (non-hydrogen) atoms. The van der Waals surface area contributed by atoms with Gasteiger partial charge in [-0.15, -0.1) is 0 Å². The number of anilines is 2. The molecule has 0 saturated carbocycles. The van der Waals surface area contributed by atoms with Crippen molar-refractivity contribution in [1.29, 1.82) is 0 Å². The van der Waals surface area contributed by atoms with Crippen LogP contribution in [0, 0.1) is 0 Å². The average Bonchev–Trinajstić information content (AvgIpc) is 2.69. The highest BCUT2D eigenvalue weighted by atomic mass is 19.1. The Morgan fingerprint density at radius 1 is 1.53 bits per heavy atom. The predicted molar refractivity (Wildman–Crippen MR) is 64.4 cm³/mol. The van der Waals surface area contributed by atoms with Gasteiger partial charge in [0.2, 0.25) is 0 Å². The van der Waals surface area contributed by atoms with E-state index in [1.54, 1.807) is 6.92 Å². The highest BCUT2D eigenvalue weighted by Crippen LogP contribution is 2.22. The third-order valence-electron chi connectivity index (χ3n) is 2.46. The molecule has 4 N–H and O–H groups in total. The van der Waals surface area contributed by atoms with Gasteiger partial charge >= 0.3 is 0 Å². The van der Waals surface area contributed by atoms with Gasteiger partial charge in [-0.2, -0.15) is 5.10 Å². The smallest absolute Gasteiger partial charge is 0.162 e. The normalized spacial score (nSPS) is 12.8. The number of nitrogens with zero attached hydrogens (tertiary/aromatic N) is 3. The van der Waals surface area contributed by atoms with E-state index in [0.29, 0.717) is 35.6 Å². The molecule has 0 aromatic carbocycles. The third-order valence-corrected chi connectivity index (χ3v) is 2.46.